The van der Waals surface area contributed by atoms with Gasteiger partial charge in [-0.2, -0.15) is 0 Å². The predicted octanol–water partition coefficient (Wildman–Crippen LogP) is 3.64. The van der Waals surface area contributed by atoms with E-state index < -0.39 is 17.6 Å². The largest absolute Gasteiger partial charge is 0.467 e. The van der Waals surface area contributed by atoms with Crippen LogP contribution in [0.2, 0.25) is 0 Å². The summed E-state index contributed by atoms with van der Waals surface area (Å²) in [7, 11) is 1.30. The normalized spacial score (nSPS) is 13.8. The second kappa shape index (κ2) is 11.2. The molecule has 2 atom stereocenters. The fourth-order valence-electron chi connectivity index (χ4n) is 3.30. The molecule has 174 valence electrons. The first-order valence-electron chi connectivity index (χ1n) is 10.7. The van der Waals surface area contributed by atoms with E-state index in [9.17, 15) is 14.4 Å². The van der Waals surface area contributed by atoms with Gasteiger partial charge in [-0.05, 0) is 56.7 Å². The van der Waals surface area contributed by atoms with Crippen LogP contribution in [0.15, 0.2) is 24.3 Å². The molecule has 0 aliphatic rings. The maximum atomic E-state index is 13.1. The topological polar surface area (TPSA) is 108 Å². The fourth-order valence-corrected chi connectivity index (χ4v) is 3.30. The van der Waals surface area contributed by atoms with Gasteiger partial charge < -0.3 is 20.5 Å². The van der Waals surface area contributed by atoms with Crippen LogP contribution in [0.25, 0.3) is 0 Å². The lowest BCUT2D eigenvalue weighted by Crippen LogP contribution is -2.48. The Labute approximate surface area is 186 Å². The first kappa shape index (κ1) is 26.5. The van der Waals surface area contributed by atoms with Gasteiger partial charge in [0, 0.05) is 24.4 Å². The molecule has 7 nitrogen and oxygen atoms in total. The third-order valence-electron chi connectivity index (χ3n) is 4.88. The van der Waals surface area contributed by atoms with E-state index in [0.717, 1.165) is 5.56 Å². The number of ether oxygens (including phenoxy) is 2. The number of nitrogen functional groups attached to an aromatic ring is 1. The molecule has 0 saturated heterocycles. The molecule has 0 radical (unpaired) electrons. The summed E-state index contributed by atoms with van der Waals surface area (Å²) in [5.41, 5.74) is 6.33. The van der Waals surface area contributed by atoms with E-state index in [1.54, 1.807) is 12.1 Å². The van der Waals surface area contributed by atoms with E-state index in [2.05, 4.69) is 5.32 Å². The van der Waals surface area contributed by atoms with Crippen LogP contribution in [0.4, 0.5) is 5.69 Å². The Morgan fingerprint density at radius 3 is 2.10 bits per heavy atom. The highest BCUT2D eigenvalue weighted by Gasteiger charge is 2.34. The van der Waals surface area contributed by atoms with Crippen molar-refractivity contribution in [3.05, 3.63) is 29.8 Å². The number of nitrogens with one attached hydrogen (secondary N) is 1. The van der Waals surface area contributed by atoms with Crippen molar-refractivity contribution in [2.45, 2.75) is 78.9 Å². The molecule has 1 aromatic rings. The summed E-state index contributed by atoms with van der Waals surface area (Å²) in [5, 5.41) is 2.85. The minimum atomic E-state index is -0.808. The number of carbonyl (C=O) groups excluding carboxylic acids is 3. The van der Waals surface area contributed by atoms with E-state index in [0.29, 0.717) is 24.9 Å². The zero-order valence-electron chi connectivity index (χ0n) is 19.9. The van der Waals surface area contributed by atoms with E-state index in [1.165, 1.54) is 7.11 Å². The van der Waals surface area contributed by atoms with Crippen molar-refractivity contribution in [2.75, 3.05) is 12.8 Å². The van der Waals surface area contributed by atoms with Crippen molar-refractivity contribution in [3.8, 4) is 0 Å². The number of amides is 1. The van der Waals surface area contributed by atoms with Crippen LogP contribution in [0.3, 0.4) is 0 Å². The van der Waals surface area contributed by atoms with Crippen molar-refractivity contribution in [1.29, 1.82) is 0 Å². The molecule has 1 aromatic carbocycles. The highest BCUT2D eigenvalue weighted by molar-refractivity contribution is 5.86. The summed E-state index contributed by atoms with van der Waals surface area (Å²) in [6, 6.07) is 6.33. The molecule has 0 saturated carbocycles. The van der Waals surface area contributed by atoms with Crippen molar-refractivity contribution in [2.24, 2.45) is 11.3 Å². The van der Waals surface area contributed by atoms with Crippen LogP contribution >= 0.6 is 0 Å². The molecule has 0 bridgehead atoms. The van der Waals surface area contributed by atoms with Gasteiger partial charge in [-0.25, -0.2) is 4.79 Å². The van der Waals surface area contributed by atoms with Crippen molar-refractivity contribution in [1.82, 2.24) is 5.32 Å². The van der Waals surface area contributed by atoms with Gasteiger partial charge in [-0.15, -0.1) is 0 Å². The third kappa shape index (κ3) is 9.85. The zero-order chi connectivity index (χ0) is 23.8. The van der Waals surface area contributed by atoms with E-state index in [-0.39, 0.29) is 29.6 Å². The number of rotatable bonds is 9. The standard InChI is InChI=1S/C24H38N2O5/c1-23(2,3)18(9-8-10-20(27)31-24(4,5)6)21(28)26-19(22(29)30-7)15-16-11-13-17(25)14-12-16/h11-14,18-19H,8-10,15,25H2,1-7H3,(H,26,28)/t18-,19+/m1/s1. The van der Waals surface area contributed by atoms with Gasteiger partial charge >= 0.3 is 11.9 Å². The van der Waals surface area contributed by atoms with E-state index in [4.69, 9.17) is 15.2 Å². The van der Waals surface area contributed by atoms with Gasteiger partial charge in [0.1, 0.15) is 11.6 Å². The SMILES string of the molecule is COC(=O)[C@H](Cc1ccc(N)cc1)NC(=O)[C@@H](CCCC(=O)OC(C)(C)C)C(C)(C)C. The summed E-state index contributed by atoms with van der Waals surface area (Å²) in [4.78, 5) is 37.4. The lowest BCUT2D eigenvalue weighted by molar-refractivity contribution is -0.155. The van der Waals surface area contributed by atoms with Crippen LogP contribution in [0.5, 0.6) is 0 Å². The lowest BCUT2D eigenvalue weighted by Gasteiger charge is -2.31. The molecule has 0 heterocycles. The van der Waals surface area contributed by atoms with Gasteiger partial charge in [0.15, 0.2) is 0 Å². The summed E-state index contributed by atoms with van der Waals surface area (Å²) in [6.45, 7) is 11.4. The maximum absolute atomic E-state index is 13.1. The summed E-state index contributed by atoms with van der Waals surface area (Å²) >= 11 is 0. The highest BCUT2D eigenvalue weighted by Crippen LogP contribution is 2.31. The molecule has 0 spiro atoms. The Morgan fingerprint density at radius 2 is 1.61 bits per heavy atom. The Morgan fingerprint density at radius 1 is 1.03 bits per heavy atom. The Balaban J connectivity index is 2.83. The highest BCUT2D eigenvalue weighted by atomic mass is 16.6. The van der Waals surface area contributed by atoms with Crippen molar-refractivity contribution < 1.29 is 23.9 Å². The van der Waals surface area contributed by atoms with Gasteiger partial charge in [0.25, 0.3) is 0 Å². The third-order valence-corrected chi connectivity index (χ3v) is 4.88. The molecule has 0 fully saturated rings. The molecular formula is C24H38N2O5. The molecule has 0 aromatic heterocycles. The Hall–Kier alpha value is -2.57. The second-order valence-electron chi connectivity index (χ2n) is 9.93. The molecule has 31 heavy (non-hydrogen) atoms. The zero-order valence-corrected chi connectivity index (χ0v) is 19.9. The average molecular weight is 435 g/mol. The fraction of sp³-hybridized carbons (Fsp3) is 0.625. The number of hydrogen-bond acceptors (Lipinski definition) is 6. The van der Waals surface area contributed by atoms with Crippen LogP contribution in [0.1, 0.15) is 66.4 Å². The predicted molar refractivity (Wildman–Crippen MR) is 121 cm³/mol. The smallest absolute Gasteiger partial charge is 0.328 e. The summed E-state index contributed by atoms with van der Waals surface area (Å²) in [6.07, 6.45) is 1.56. The first-order chi connectivity index (χ1) is 14.2. The number of esters is 2. The first-order valence-corrected chi connectivity index (χ1v) is 10.7. The van der Waals surface area contributed by atoms with E-state index in [1.807, 2.05) is 53.7 Å². The molecule has 0 unspecified atom stereocenters. The molecular weight excluding hydrogens is 396 g/mol. The van der Waals surface area contributed by atoms with Crippen LogP contribution < -0.4 is 11.1 Å². The van der Waals surface area contributed by atoms with Crippen LogP contribution in [-0.2, 0) is 30.3 Å². The van der Waals surface area contributed by atoms with Crippen molar-refractivity contribution >= 4 is 23.5 Å². The number of anilines is 1. The molecule has 1 amide bonds. The van der Waals surface area contributed by atoms with Gasteiger partial charge in [0.2, 0.25) is 5.91 Å². The summed E-state index contributed by atoms with van der Waals surface area (Å²) in [5.74, 6) is -1.40. The second-order valence-corrected chi connectivity index (χ2v) is 9.93. The average Bonchev–Trinajstić information content (AvgIpc) is 2.63. The number of nitrogens with two attached hydrogens (primary N) is 1. The van der Waals surface area contributed by atoms with Gasteiger partial charge in [0.05, 0.1) is 7.11 Å². The Bertz CT molecular complexity index is 745. The van der Waals surface area contributed by atoms with Gasteiger partial charge in [-0.1, -0.05) is 32.9 Å². The minimum Gasteiger partial charge on any atom is -0.467 e. The molecule has 3 N–H and O–H groups in total. The van der Waals surface area contributed by atoms with Crippen LogP contribution in [0, 0.1) is 11.3 Å². The quantitative estimate of drug-likeness (QED) is 0.454. The maximum Gasteiger partial charge on any atom is 0.328 e. The number of carbonyl (C=O) groups is 3. The number of hydrogen-bond donors (Lipinski definition) is 2. The monoisotopic (exact) mass is 434 g/mol. The minimum absolute atomic E-state index is 0.234. The number of benzene rings is 1. The number of methoxy groups -OCH3 is 1. The molecule has 0 aliphatic carbocycles. The van der Waals surface area contributed by atoms with Crippen molar-refractivity contribution in [3.63, 3.8) is 0 Å². The van der Waals surface area contributed by atoms with Crippen LogP contribution in [-0.4, -0.2) is 36.6 Å². The molecule has 1 rings (SSSR count). The van der Waals surface area contributed by atoms with Gasteiger partial charge in [-0.3, -0.25) is 9.59 Å². The summed E-state index contributed by atoms with van der Waals surface area (Å²) < 4.78 is 10.2. The Kier molecular flexibility index (Phi) is 9.53. The molecule has 0 aliphatic heterocycles. The lowest BCUT2D eigenvalue weighted by atomic mass is 9.77. The molecule has 7 heteroatoms. The van der Waals surface area contributed by atoms with E-state index >= 15 is 0 Å².